The molecule has 1 N–H and O–H groups in total. The summed E-state index contributed by atoms with van der Waals surface area (Å²) in [4.78, 5) is 0. The number of benzene rings is 1. The van der Waals surface area contributed by atoms with Gasteiger partial charge in [-0.05, 0) is 57.2 Å². The van der Waals surface area contributed by atoms with Gasteiger partial charge in [0.1, 0.15) is 5.75 Å². The molecule has 3 heteroatoms. The fraction of sp³-hybridized carbons (Fsp3) is 0.647. The van der Waals surface area contributed by atoms with E-state index in [9.17, 15) is 0 Å². The Morgan fingerprint density at radius 3 is 2.70 bits per heavy atom. The number of methoxy groups -OCH3 is 1. The van der Waals surface area contributed by atoms with Crippen LogP contribution in [-0.2, 0) is 11.2 Å². The van der Waals surface area contributed by atoms with Gasteiger partial charge in [0.15, 0.2) is 0 Å². The largest absolute Gasteiger partial charge is 0.497 e. The molecule has 1 saturated heterocycles. The van der Waals surface area contributed by atoms with E-state index in [1.54, 1.807) is 7.11 Å². The standard InChI is InChI=1S/C17H27NO2/c1-14(18-13-17(2)11-4-12-20-17)5-6-15-7-9-16(19-3)10-8-15/h7-10,14,18H,4-6,11-13H2,1-3H3. The van der Waals surface area contributed by atoms with E-state index >= 15 is 0 Å². The van der Waals surface area contributed by atoms with Gasteiger partial charge < -0.3 is 14.8 Å². The van der Waals surface area contributed by atoms with Crippen LogP contribution in [0.5, 0.6) is 5.75 Å². The molecule has 0 amide bonds. The highest BCUT2D eigenvalue weighted by Gasteiger charge is 2.29. The van der Waals surface area contributed by atoms with E-state index in [2.05, 4.69) is 31.3 Å². The number of hydrogen-bond acceptors (Lipinski definition) is 3. The van der Waals surface area contributed by atoms with Crippen molar-refractivity contribution >= 4 is 0 Å². The molecule has 2 rings (SSSR count). The average molecular weight is 277 g/mol. The molecule has 0 radical (unpaired) electrons. The van der Waals surface area contributed by atoms with E-state index in [0.29, 0.717) is 6.04 Å². The molecule has 0 spiro atoms. The molecule has 1 aliphatic rings. The predicted octanol–water partition coefficient (Wildman–Crippen LogP) is 3.18. The molecule has 0 bridgehead atoms. The van der Waals surface area contributed by atoms with Crippen LogP contribution in [0.15, 0.2) is 24.3 Å². The SMILES string of the molecule is COc1ccc(CCC(C)NCC2(C)CCCO2)cc1. The van der Waals surface area contributed by atoms with Gasteiger partial charge in [0.05, 0.1) is 12.7 Å². The molecule has 2 unspecified atom stereocenters. The van der Waals surface area contributed by atoms with E-state index in [0.717, 1.165) is 31.7 Å². The van der Waals surface area contributed by atoms with Crippen LogP contribution in [0.4, 0.5) is 0 Å². The van der Waals surface area contributed by atoms with E-state index < -0.39 is 0 Å². The Kier molecular flexibility index (Phi) is 5.44. The lowest BCUT2D eigenvalue weighted by Crippen LogP contribution is -2.41. The van der Waals surface area contributed by atoms with Crippen LogP contribution in [0.3, 0.4) is 0 Å². The second kappa shape index (κ2) is 7.09. The Labute approximate surface area is 122 Å². The molecule has 0 saturated carbocycles. The van der Waals surface area contributed by atoms with Gasteiger partial charge in [-0.15, -0.1) is 0 Å². The van der Waals surface area contributed by atoms with Crippen molar-refractivity contribution in [1.29, 1.82) is 0 Å². The van der Waals surface area contributed by atoms with E-state index in [1.807, 2.05) is 12.1 Å². The van der Waals surface area contributed by atoms with Crippen molar-refractivity contribution in [3.05, 3.63) is 29.8 Å². The van der Waals surface area contributed by atoms with Crippen LogP contribution in [0.25, 0.3) is 0 Å². The highest BCUT2D eigenvalue weighted by Crippen LogP contribution is 2.24. The number of rotatable bonds is 7. The normalized spacial score (nSPS) is 23.8. The van der Waals surface area contributed by atoms with Gasteiger partial charge in [-0.3, -0.25) is 0 Å². The van der Waals surface area contributed by atoms with Gasteiger partial charge in [0.25, 0.3) is 0 Å². The first-order valence-electron chi connectivity index (χ1n) is 7.62. The number of ether oxygens (including phenoxy) is 2. The van der Waals surface area contributed by atoms with Gasteiger partial charge in [0, 0.05) is 19.2 Å². The van der Waals surface area contributed by atoms with Crippen molar-refractivity contribution in [3.8, 4) is 5.75 Å². The summed E-state index contributed by atoms with van der Waals surface area (Å²) in [6.45, 7) is 6.33. The maximum Gasteiger partial charge on any atom is 0.118 e. The lowest BCUT2D eigenvalue weighted by molar-refractivity contribution is 0.0190. The molecule has 1 aliphatic heterocycles. The second-order valence-corrected chi connectivity index (χ2v) is 6.07. The fourth-order valence-electron chi connectivity index (χ4n) is 2.64. The van der Waals surface area contributed by atoms with Crippen molar-refractivity contribution in [2.75, 3.05) is 20.3 Å². The highest BCUT2D eigenvalue weighted by molar-refractivity contribution is 5.27. The van der Waals surface area contributed by atoms with E-state index in [-0.39, 0.29) is 5.60 Å². The van der Waals surface area contributed by atoms with Crippen LogP contribution in [-0.4, -0.2) is 31.9 Å². The quantitative estimate of drug-likeness (QED) is 0.830. The van der Waals surface area contributed by atoms with Crippen molar-refractivity contribution in [3.63, 3.8) is 0 Å². The van der Waals surface area contributed by atoms with Crippen LogP contribution in [0.1, 0.15) is 38.7 Å². The molecule has 1 aromatic carbocycles. The Morgan fingerprint density at radius 2 is 2.10 bits per heavy atom. The number of hydrogen-bond donors (Lipinski definition) is 1. The third-order valence-electron chi connectivity index (χ3n) is 4.15. The Balaban J connectivity index is 1.70. The smallest absolute Gasteiger partial charge is 0.118 e. The van der Waals surface area contributed by atoms with Crippen molar-refractivity contribution < 1.29 is 9.47 Å². The van der Waals surface area contributed by atoms with E-state index in [1.165, 1.54) is 18.4 Å². The molecule has 20 heavy (non-hydrogen) atoms. The van der Waals surface area contributed by atoms with Gasteiger partial charge in [-0.25, -0.2) is 0 Å². The number of nitrogens with one attached hydrogen (secondary N) is 1. The van der Waals surface area contributed by atoms with Gasteiger partial charge >= 0.3 is 0 Å². The third kappa shape index (κ3) is 4.50. The zero-order chi connectivity index (χ0) is 14.4. The van der Waals surface area contributed by atoms with Crippen LogP contribution in [0.2, 0.25) is 0 Å². The fourth-order valence-corrected chi connectivity index (χ4v) is 2.64. The van der Waals surface area contributed by atoms with Crippen LogP contribution < -0.4 is 10.1 Å². The van der Waals surface area contributed by atoms with Gasteiger partial charge in [-0.2, -0.15) is 0 Å². The van der Waals surface area contributed by atoms with Crippen molar-refractivity contribution in [2.45, 2.75) is 51.2 Å². The summed E-state index contributed by atoms with van der Waals surface area (Å²) in [5.41, 5.74) is 1.41. The van der Waals surface area contributed by atoms with Crippen molar-refractivity contribution in [1.82, 2.24) is 5.32 Å². The second-order valence-electron chi connectivity index (χ2n) is 6.07. The van der Waals surface area contributed by atoms with Gasteiger partial charge in [0.2, 0.25) is 0 Å². The summed E-state index contributed by atoms with van der Waals surface area (Å²) >= 11 is 0. The Morgan fingerprint density at radius 1 is 1.35 bits per heavy atom. The molecule has 2 atom stereocenters. The zero-order valence-electron chi connectivity index (χ0n) is 12.9. The average Bonchev–Trinajstić information content (AvgIpc) is 2.91. The molecule has 1 heterocycles. The third-order valence-corrected chi connectivity index (χ3v) is 4.15. The molecule has 0 aliphatic carbocycles. The zero-order valence-corrected chi connectivity index (χ0v) is 12.9. The molecule has 0 aromatic heterocycles. The molecule has 112 valence electrons. The molecule has 3 nitrogen and oxygen atoms in total. The first-order chi connectivity index (χ1) is 9.61. The van der Waals surface area contributed by atoms with Crippen LogP contribution >= 0.6 is 0 Å². The Hall–Kier alpha value is -1.06. The molecule has 1 aromatic rings. The molecular formula is C17H27NO2. The topological polar surface area (TPSA) is 30.5 Å². The molecule has 1 fully saturated rings. The highest BCUT2D eigenvalue weighted by atomic mass is 16.5. The monoisotopic (exact) mass is 277 g/mol. The summed E-state index contributed by atoms with van der Waals surface area (Å²) in [5, 5.41) is 3.61. The predicted molar refractivity (Wildman–Crippen MR) is 82.4 cm³/mol. The summed E-state index contributed by atoms with van der Waals surface area (Å²) in [7, 11) is 1.70. The van der Waals surface area contributed by atoms with Crippen LogP contribution in [0, 0.1) is 0 Å². The summed E-state index contributed by atoms with van der Waals surface area (Å²) in [6.07, 6.45) is 4.60. The first kappa shape index (κ1) is 15.3. The lowest BCUT2D eigenvalue weighted by Gasteiger charge is -2.26. The number of aryl methyl sites for hydroxylation is 1. The minimum atomic E-state index is 0.0500. The van der Waals surface area contributed by atoms with Gasteiger partial charge in [-0.1, -0.05) is 12.1 Å². The maximum absolute atomic E-state index is 5.80. The molecular weight excluding hydrogens is 250 g/mol. The minimum absolute atomic E-state index is 0.0500. The van der Waals surface area contributed by atoms with Crippen molar-refractivity contribution in [2.24, 2.45) is 0 Å². The maximum atomic E-state index is 5.80. The summed E-state index contributed by atoms with van der Waals surface area (Å²) in [5.74, 6) is 0.922. The minimum Gasteiger partial charge on any atom is -0.497 e. The summed E-state index contributed by atoms with van der Waals surface area (Å²) in [6, 6.07) is 8.86. The van der Waals surface area contributed by atoms with E-state index in [4.69, 9.17) is 9.47 Å². The first-order valence-corrected chi connectivity index (χ1v) is 7.62. The lowest BCUT2D eigenvalue weighted by atomic mass is 10.0. The Bertz CT molecular complexity index is 396. The summed E-state index contributed by atoms with van der Waals surface area (Å²) < 4.78 is 11.0.